The SMILES string of the molecule is COc1ccc(OCCNC2CCCC2)c(Br)c1. The van der Waals surface area contributed by atoms with Crippen LogP contribution in [0.4, 0.5) is 0 Å². The van der Waals surface area contributed by atoms with Gasteiger partial charge in [-0.05, 0) is 47.0 Å². The summed E-state index contributed by atoms with van der Waals surface area (Å²) in [6.07, 6.45) is 5.35. The maximum absolute atomic E-state index is 5.73. The van der Waals surface area contributed by atoms with Crippen LogP contribution in [0.1, 0.15) is 25.7 Å². The molecule has 2 rings (SSSR count). The van der Waals surface area contributed by atoms with Gasteiger partial charge in [-0.2, -0.15) is 0 Å². The molecule has 0 amide bonds. The molecule has 3 nitrogen and oxygen atoms in total. The molecule has 1 fully saturated rings. The van der Waals surface area contributed by atoms with E-state index in [1.165, 1.54) is 25.7 Å². The van der Waals surface area contributed by atoms with Crippen molar-refractivity contribution in [1.82, 2.24) is 5.32 Å². The molecule has 1 aromatic carbocycles. The molecule has 0 aliphatic heterocycles. The molecule has 4 heteroatoms. The fraction of sp³-hybridized carbons (Fsp3) is 0.571. The quantitative estimate of drug-likeness (QED) is 0.817. The van der Waals surface area contributed by atoms with E-state index in [0.717, 1.165) is 22.5 Å². The third-order valence-corrected chi connectivity index (χ3v) is 3.91. The van der Waals surface area contributed by atoms with Gasteiger partial charge in [0, 0.05) is 12.6 Å². The van der Waals surface area contributed by atoms with Crippen LogP contribution in [-0.2, 0) is 0 Å². The van der Waals surface area contributed by atoms with Gasteiger partial charge in [0.1, 0.15) is 18.1 Å². The van der Waals surface area contributed by atoms with Gasteiger partial charge in [0.2, 0.25) is 0 Å². The third kappa shape index (κ3) is 3.89. The van der Waals surface area contributed by atoms with Crippen molar-refractivity contribution < 1.29 is 9.47 Å². The maximum Gasteiger partial charge on any atom is 0.133 e. The molecule has 0 bridgehead atoms. The van der Waals surface area contributed by atoms with Crippen molar-refractivity contribution in [2.75, 3.05) is 20.3 Å². The first-order valence-corrected chi connectivity index (χ1v) is 7.28. The highest BCUT2D eigenvalue weighted by Gasteiger charge is 2.13. The number of benzene rings is 1. The molecule has 0 atom stereocenters. The van der Waals surface area contributed by atoms with Gasteiger partial charge in [-0.15, -0.1) is 0 Å². The second-order valence-corrected chi connectivity index (χ2v) is 5.43. The standard InChI is InChI=1S/C14H20BrNO2/c1-17-12-6-7-14(13(15)10-12)18-9-8-16-11-4-2-3-5-11/h6-7,10-11,16H,2-5,8-9H2,1H3. The summed E-state index contributed by atoms with van der Waals surface area (Å²) in [5.41, 5.74) is 0. The van der Waals surface area contributed by atoms with E-state index >= 15 is 0 Å². The topological polar surface area (TPSA) is 30.5 Å². The van der Waals surface area contributed by atoms with Crippen molar-refractivity contribution in [3.63, 3.8) is 0 Å². The maximum atomic E-state index is 5.73. The van der Waals surface area contributed by atoms with Gasteiger partial charge >= 0.3 is 0 Å². The van der Waals surface area contributed by atoms with Gasteiger partial charge in [-0.3, -0.25) is 0 Å². The minimum absolute atomic E-state index is 0.696. The van der Waals surface area contributed by atoms with Gasteiger partial charge in [0.05, 0.1) is 11.6 Å². The summed E-state index contributed by atoms with van der Waals surface area (Å²) in [5.74, 6) is 1.70. The summed E-state index contributed by atoms with van der Waals surface area (Å²) in [6.45, 7) is 1.60. The lowest BCUT2D eigenvalue weighted by molar-refractivity contribution is 0.303. The Morgan fingerprint density at radius 1 is 1.33 bits per heavy atom. The molecule has 100 valence electrons. The van der Waals surface area contributed by atoms with E-state index in [-0.39, 0.29) is 0 Å². The number of ether oxygens (including phenoxy) is 2. The monoisotopic (exact) mass is 313 g/mol. The van der Waals surface area contributed by atoms with Crippen molar-refractivity contribution >= 4 is 15.9 Å². The van der Waals surface area contributed by atoms with Crippen LogP contribution in [0.25, 0.3) is 0 Å². The summed E-state index contributed by atoms with van der Waals surface area (Å²) >= 11 is 3.48. The smallest absolute Gasteiger partial charge is 0.133 e. The highest BCUT2D eigenvalue weighted by molar-refractivity contribution is 9.10. The zero-order valence-electron chi connectivity index (χ0n) is 10.7. The first kappa shape index (κ1) is 13.7. The molecule has 1 saturated carbocycles. The van der Waals surface area contributed by atoms with Crippen LogP contribution in [0.3, 0.4) is 0 Å². The normalized spacial score (nSPS) is 15.9. The Labute approximate surface area is 117 Å². The predicted octanol–water partition coefficient (Wildman–Crippen LogP) is 3.37. The molecule has 0 unspecified atom stereocenters. The Morgan fingerprint density at radius 2 is 2.11 bits per heavy atom. The number of halogens is 1. The highest BCUT2D eigenvalue weighted by atomic mass is 79.9. The van der Waals surface area contributed by atoms with Crippen LogP contribution < -0.4 is 14.8 Å². The van der Waals surface area contributed by atoms with Crippen LogP contribution in [0, 0.1) is 0 Å². The Balaban J connectivity index is 1.72. The molecule has 0 saturated heterocycles. The molecule has 0 aromatic heterocycles. The van der Waals surface area contributed by atoms with Crippen LogP contribution in [-0.4, -0.2) is 26.3 Å². The van der Waals surface area contributed by atoms with Crippen molar-refractivity contribution in [3.05, 3.63) is 22.7 Å². The van der Waals surface area contributed by atoms with Crippen molar-refractivity contribution in [1.29, 1.82) is 0 Å². The zero-order valence-corrected chi connectivity index (χ0v) is 12.3. The summed E-state index contributed by atoms with van der Waals surface area (Å²) in [5, 5.41) is 3.53. The molecule has 0 heterocycles. The largest absolute Gasteiger partial charge is 0.497 e. The fourth-order valence-electron chi connectivity index (χ4n) is 2.28. The van der Waals surface area contributed by atoms with E-state index < -0.39 is 0 Å². The van der Waals surface area contributed by atoms with E-state index in [1.54, 1.807) is 7.11 Å². The van der Waals surface area contributed by atoms with Crippen LogP contribution >= 0.6 is 15.9 Å². The van der Waals surface area contributed by atoms with E-state index in [0.29, 0.717) is 12.6 Å². The van der Waals surface area contributed by atoms with Gasteiger partial charge in [0.25, 0.3) is 0 Å². The lowest BCUT2D eigenvalue weighted by atomic mass is 10.2. The summed E-state index contributed by atoms with van der Waals surface area (Å²) < 4.78 is 11.8. The van der Waals surface area contributed by atoms with Gasteiger partial charge in [-0.1, -0.05) is 12.8 Å². The Bertz CT molecular complexity index is 378. The minimum atomic E-state index is 0.696. The lowest BCUT2D eigenvalue weighted by Gasteiger charge is -2.13. The number of hydrogen-bond donors (Lipinski definition) is 1. The molecule has 18 heavy (non-hydrogen) atoms. The summed E-state index contributed by atoms with van der Waals surface area (Å²) in [4.78, 5) is 0. The molecule has 1 aliphatic carbocycles. The molecular formula is C14H20BrNO2. The molecule has 1 aromatic rings. The second-order valence-electron chi connectivity index (χ2n) is 4.58. The number of rotatable bonds is 6. The zero-order chi connectivity index (χ0) is 12.8. The van der Waals surface area contributed by atoms with E-state index in [1.807, 2.05) is 18.2 Å². The number of hydrogen-bond acceptors (Lipinski definition) is 3. The highest BCUT2D eigenvalue weighted by Crippen LogP contribution is 2.28. The van der Waals surface area contributed by atoms with Crippen LogP contribution in [0.5, 0.6) is 11.5 Å². The fourth-order valence-corrected chi connectivity index (χ4v) is 2.75. The van der Waals surface area contributed by atoms with Gasteiger partial charge in [-0.25, -0.2) is 0 Å². The number of nitrogens with one attached hydrogen (secondary N) is 1. The van der Waals surface area contributed by atoms with E-state index in [9.17, 15) is 0 Å². The molecule has 1 N–H and O–H groups in total. The number of methoxy groups -OCH3 is 1. The second kappa shape index (κ2) is 7.00. The van der Waals surface area contributed by atoms with Gasteiger partial charge in [0.15, 0.2) is 0 Å². The van der Waals surface area contributed by atoms with Crippen molar-refractivity contribution in [2.24, 2.45) is 0 Å². The summed E-state index contributed by atoms with van der Waals surface area (Å²) in [7, 11) is 1.66. The minimum Gasteiger partial charge on any atom is -0.497 e. The lowest BCUT2D eigenvalue weighted by Crippen LogP contribution is -2.30. The van der Waals surface area contributed by atoms with Gasteiger partial charge < -0.3 is 14.8 Å². The molecule has 1 aliphatic rings. The van der Waals surface area contributed by atoms with Crippen molar-refractivity contribution in [3.8, 4) is 11.5 Å². The Hall–Kier alpha value is -0.740. The first-order valence-electron chi connectivity index (χ1n) is 6.49. The molecule has 0 radical (unpaired) electrons. The third-order valence-electron chi connectivity index (χ3n) is 3.29. The molecular weight excluding hydrogens is 294 g/mol. The molecule has 0 spiro atoms. The van der Waals surface area contributed by atoms with E-state index in [4.69, 9.17) is 9.47 Å². The Kier molecular flexibility index (Phi) is 5.32. The van der Waals surface area contributed by atoms with Crippen LogP contribution in [0.15, 0.2) is 22.7 Å². The first-order chi connectivity index (χ1) is 8.79. The Morgan fingerprint density at radius 3 is 2.78 bits per heavy atom. The van der Waals surface area contributed by atoms with Crippen LogP contribution in [0.2, 0.25) is 0 Å². The van der Waals surface area contributed by atoms with E-state index in [2.05, 4.69) is 21.2 Å². The summed E-state index contributed by atoms with van der Waals surface area (Å²) in [6, 6.07) is 6.45. The van der Waals surface area contributed by atoms with Crippen molar-refractivity contribution in [2.45, 2.75) is 31.7 Å². The average Bonchev–Trinajstić information content (AvgIpc) is 2.89. The predicted molar refractivity (Wildman–Crippen MR) is 76.4 cm³/mol. The average molecular weight is 314 g/mol.